The van der Waals surface area contributed by atoms with E-state index in [0.29, 0.717) is 12.0 Å². The van der Waals surface area contributed by atoms with Crippen molar-refractivity contribution in [3.8, 4) is 6.07 Å². The number of nitriles is 1. The second kappa shape index (κ2) is 22.0. The molecule has 0 aliphatic heterocycles. The van der Waals surface area contributed by atoms with Crippen molar-refractivity contribution < 1.29 is 4.74 Å². The normalized spacial score (nSPS) is 23.7. The minimum absolute atomic E-state index is 0.189. The van der Waals surface area contributed by atoms with E-state index in [-0.39, 0.29) is 5.92 Å². The van der Waals surface area contributed by atoms with Gasteiger partial charge in [0.2, 0.25) is 0 Å². The Kier molecular flexibility index (Phi) is 20.1. The topological polar surface area (TPSA) is 33.0 Å². The van der Waals surface area contributed by atoms with Gasteiger partial charge in [-0.1, -0.05) is 109 Å². The van der Waals surface area contributed by atoms with Crippen molar-refractivity contribution in [3.05, 3.63) is 12.2 Å². The van der Waals surface area contributed by atoms with Crippen molar-refractivity contribution in [3.63, 3.8) is 0 Å². The summed E-state index contributed by atoms with van der Waals surface area (Å²) in [4.78, 5) is 0. The predicted molar refractivity (Wildman–Crippen MR) is 140 cm³/mol. The highest BCUT2D eigenvalue weighted by atomic mass is 16.5. The zero-order valence-electron chi connectivity index (χ0n) is 21.8. The third-order valence-electron chi connectivity index (χ3n) is 7.19. The average molecular weight is 446 g/mol. The molecule has 3 unspecified atom stereocenters. The summed E-state index contributed by atoms with van der Waals surface area (Å²) in [5.74, 6) is 0.784. The summed E-state index contributed by atoms with van der Waals surface area (Å²) < 4.78 is 6.33. The zero-order valence-corrected chi connectivity index (χ0v) is 21.8. The minimum Gasteiger partial charge on any atom is -0.378 e. The molecule has 0 saturated carbocycles. The molecule has 0 aromatic carbocycles. The van der Waals surface area contributed by atoms with Crippen LogP contribution in [0.4, 0.5) is 0 Å². The highest BCUT2D eigenvalue weighted by molar-refractivity contribution is 4.94. The van der Waals surface area contributed by atoms with Gasteiger partial charge in [0.15, 0.2) is 0 Å². The van der Waals surface area contributed by atoms with Crippen LogP contribution in [0, 0.1) is 23.2 Å². The van der Waals surface area contributed by atoms with E-state index < -0.39 is 0 Å². The van der Waals surface area contributed by atoms with Crippen molar-refractivity contribution >= 4 is 0 Å². The van der Waals surface area contributed by atoms with E-state index in [9.17, 15) is 5.26 Å². The lowest BCUT2D eigenvalue weighted by molar-refractivity contribution is 0.0341. The van der Waals surface area contributed by atoms with E-state index in [1.165, 1.54) is 116 Å². The number of nitrogens with zero attached hydrogens (tertiary/aromatic N) is 1. The number of hydrogen-bond acceptors (Lipinski definition) is 2. The van der Waals surface area contributed by atoms with E-state index in [1.807, 2.05) is 0 Å². The second-order valence-corrected chi connectivity index (χ2v) is 10.3. The van der Waals surface area contributed by atoms with E-state index >= 15 is 0 Å². The molecule has 0 heterocycles. The highest BCUT2D eigenvalue weighted by Gasteiger charge is 2.18. The van der Waals surface area contributed by atoms with Crippen LogP contribution in [0.3, 0.4) is 0 Å². The molecule has 2 heteroatoms. The van der Waals surface area contributed by atoms with Crippen LogP contribution in [0.25, 0.3) is 0 Å². The van der Waals surface area contributed by atoms with Crippen molar-refractivity contribution in [1.29, 1.82) is 5.26 Å². The minimum atomic E-state index is 0.189. The van der Waals surface area contributed by atoms with Crippen molar-refractivity contribution in [2.45, 2.75) is 155 Å². The van der Waals surface area contributed by atoms with E-state index in [4.69, 9.17) is 4.74 Å². The third-order valence-corrected chi connectivity index (χ3v) is 7.19. The summed E-state index contributed by atoms with van der Waals surface area (Å²) in [6, 6.07) is 2.63. The van der Waals surface area contributed by atoms with Crippen LogP contribution in [0.15, 0.2) is 12.2 Å². The van der Waals surface area contributed by atoms with Gasteiger partial charge in [0.25, 0.3) is 0 Å². The van der Waals surface area contributed by atoms with Crippen molar-refractivity contribution in [2.75, 3.05) is 6.61 Å². The van der Waals surface area contributed by atoms with Crippen LogP contribution in [0.1, 0.15) is 149 Å². The molecule has 0 N–H and O–H groups in total. The van der Waals surface area contributed by atoms with Crippen LogP contribution in [0.5, 0.6) is 0 Å². The molecule has 0 saturated heterocycles. The smallest absolute Gasteiger partial charge is 0.0656 e. The fourth-order valence-corrected chi connectivity index (χ4v) is 5.01. The molecule has 0 aromatic rings. The molecule has 3 atom stereocenters. The fourth-order valence-electron chi connectivity index (χ4n) is 5.01. The van der Waals surface area contributed by atoms with E-state index in [2.05, 4.69) is 32.1 Å². The van der Waals surface area contributed by atoms with Gasteiger partial charge >= 0.3 is 0 Å². The first kappa shape index (κ1) is 29.2. The number of unbranched alkanes of at least 4 members (excludes halogenated alkanes) is 11. The maximum absolute atomic E-state index is 9.78. The second-order valence-electron chi connectivity index (χ2n) is 10.3. The summed E-state index contributed by atoms with van der Waals surface area (Å²) in [6.45, 7) is 5.47. The summed E-state index contributed by atoms with van der Waals surface area (Å²) in [6.07, 6.45) is 32.0. The summed E-state index contributed by atoms with van der Waals surface area (Å²) >= 11 is 0. The first-order valence-corrected chi connectivity index (χ1v) is 14.5. The molecule has 0 amide bonds. The van der Waals surface area contributed by atoms with E-state index in [0.717, 1.165) is 25.9 Å². The van der Waals surface area contributed by atoms with Gasteiger partial charge in [-0.05, 0) is 57.3 Å². The Balaban J connectivity index is 2.33. The van der Waals surface area contributed by atoms with Gasteiger partial charge < -0.3 is 4.74 Å². The Morgan fingerprint density at radius 2 is 1.44 bits per heavy atom. The molecule has 32 heavy (non-hydrogen) atoms. The maximum atomic E-state index is 9.78. The van der Waals surface area contributed by atoms with Gasteiger partial charge in [0.1, 0.15) is 0 Å². The largest absolute Gasteiger partial charge is 0.378 e. The van der Waals surface area contributed by atoms with Gasteiger partial charge in [0.05, 0.1) is 12.2 Å². The van der Waals surface area contributed by atoms with Crippen molar-refractivity contribution in [1.82, 2.24) is 0 Å². The Morgan fingerprint density at radius 1 is 0.781 bits per heavy atom. The lowest BCUT2D eigenvalue weighted by Crippen LogP contribution is -2.17. The van der Waals surface area contributed by atoms with Crippen LogP contribution in [-0.4, -0.2) is 12.7 Å². The Bertz CT molecular complexity index is 466. The van der Waals surface area contributed by atoms with Gasteiger partial charge in [-0.2, -0.15) is 5.26 Å². The molecule has 0 aromatic heterocycles. The molecule has 1 rings (SSSR count). The third kappa shape index (κ3) is 16.8. The van der Waals surface area contributed by atoms with Gasteiger partial charge in [-0.3, -0.25) is 0 Å². The molecule has 2 nitrogen and oxygen atoms in total. The maximum Gasteiger partial charge on any atom is 0.0656 e. The fraction of sp³-hybridized carbons (Fsp3) is 0.900. The lowest BCUT2D eigenvalue weighted by Gasteiger charge is -2.22. The van der Waals surface area contributed by atoms with Crippen LogP contribution >= 0.6 is 0 Å². The van der Waals surface area contributed by atoms with Crippen LogP contribution in [0.2, 0.25) is 0 Å². The Hall–Kier alpha value is -0.810. The zero-order chi connectivity index (χ0) is 23.1. The molecule has 0 bridgehead atoms. The number of hydrogen-bond donors (Lipinski definition) is 0. The van der Waals surface area contributed by atoms with Crippen LogP contribution < -0.4 is 0 Å². The summed E-state index contributed by atoms with van der Waals surface area (Å²) in [5.41, 5.74) is 0. The van der Waals surface area contributed by atoms with Gasteiger partial charge in [-0.15, -0.1) is 0 Å². The number of rotatable bonds is 16. The molecule has 186 valence electrons. The predicted octanol–water partition coefficient (Wildman–Crippen LogP) is 9.93. The first-order valence-electron chi connectivity index (χ1n) is 14.5. The standard InChI is InChI=1S/C30H55NO/c1-3-5-7-9-10-11-15-19-25-32-30-22-18-14-13-17-21-28(20-16-12-8-6-4-2)26-29(27-31)23-24-30/h17,21,28-30H,3-16,18-20,22-26H2,1-2H3/b21-17+. The molecule has 1 aliphatic rings. The quantitative estimate of drug-likeness (QED) is 0.175. The summed E-state index contributed by atoms with van der Waals surface area (Å²) in [5, 5.41) is 9.78. The first-order chi connectivity index (χ1) is 15.8. The van der Waals surface area contributed by atoms with Crippen molar-refractivity contribution in [2.24, 2.45) is 11.8 Å². The molecule has 0 radical (unpaired) electrons. The SMILES string of the molecule is CCCCCCCCCCOC1CCCC/C=C/C(CCCCCCC)CC(C#N)CC1. The molecule has 0 fully saturated rings. The highest BCUT2D eigenvalue weighted by Crippen LogP contribution is 2.26. The monoisotopic (exact) mass is 445 g/mol. The molecule has 1 aliphatic carbocycles. The Morgan fingerprint density at radius 3 is 2.12 bits per heavy atom. The molecular formula is C30H55NO. The number of allylic oxidation sites excluding steroid dienone is 2. The number of ether oxygens (including phenoxy) is 1. The Labute approximate surface area is 201 Å². The molecule has 0 spiro atoms. The van der Waals surface area contributed by atoms with Gasteiger partial charge in [0, 0.05) is 12.5 Å². The lowest BCUT2D eigenvalue weighted by atomic mass is 9.86. The van der Waals surface area contributed by atoms with Crippen LogP contribution in [-0.2, 0) is 4.74 Å². The average Bonchev–Trinajstić information content (AvgIpc) is 2.80. The summed E-state index contributed by atoms with van der Waals surface area (Å²) in [7, 11) is 0. The van der Waals surface area contributed by atoms with Gasteiger partial charge in [-0.25, -0.2) is 0 Å². The van der Waals surface area contributed by atoms with E-state index in [1.54, 1.807) is 0 Å². The molecular weight excluding hydrogens is 390 g/mol.